The second-order valence-electron chi connectivity index (χ2n) is 6.09. The van der Waals surface area contributed by atoms with Gasteiger partial charge in [0.15, 0.2) is 0 Å². The molecule has 0 aliphatic carbocycles. The van der Waals surface area contributed by atoms with Crippen LogP contribution in [0, 0.1) is 0 Å². The van der Waals surface area contributed by atoms with Gasteiger partial charge in [0.25, 0.3) is 5.91 Å². The van der Waals surface area contributed by atoms with Crippen molar-refractivity contribution in [3.05, 3.63) is 74.6 Å². The third-order valence-corrected chi connectivity index (χ3v) is 6.22. The highest BCUT2D eigenvalue weighted by atomic mass is 79.9. The molecule has 1 aromatic heterocycles. The molecule has 5 nitrogen and oxygen atoms in total. The van der Waals surface area contributed by atoms with Gasteiger partial charge in [-0.25, -0.2) is 4.79 Å². The summed E-state index contributed by atoms with van der Waals surface area (Å²) in [6, 6.07) is 14.5. The highest BCUT2D eigenvalue weighted by Gasteiger charge is 2.34. The van der Waals surface area contributed by atoms with E-state index in [1.54, 1.807) is 42.0 Å². The minimum Gasteiger partial charge on any atom is -0.496 e. The Kier molecular flexibility index (Phi) is 4.97. The lowest BCUT2D eigenvalue weighted by atomic mass is 10.1. The summed E-state index contributed by atoms with van der Waals surface area (Å²) in [5.41, 5.74) is 0.804. The van der Waals surface area contributed by atoms with Crippen LogP contribution < -0.4 is 10.4 Å². The maximum atomic E-state index is 13.2. The highest BCUT2D eigenvalue weighted by Crippen LogP contribution is 2.43. The summed E-state index contributed by atoms with van der Waals surface area (Å²) in [4.78, 5) is 27.3. The first-order chi connectivity index (χ1) is 13.1. The van der Waals surface area contributed by atoms with Gasteiger partial charge in [-0.05, 0) is 30.3 Å². The number of hydrogen-bond acceptors (Lipinski definition) is 5. The molecule has 0 N–H and O–H groups in total. The van der Waals surface area contributed by atoms with Gasteiger partial charge in [-0.3, -0.25) is 4.79 Å². The number of benzene rings is 2. The summed E-state index contributed by atoms with van der Waals surface area (Å²) in [5.74, 6) is 1.16. The zero-order valence-electron chi connectivity index (χ0n) is 14.5. The Bertz CT molecular complexity index is 1080. The quantitative estimate of drug-likeness (QED) is 0.557. The summed E-state index contributed by atoms with van der Waals surface area (Å²) < 4.78 is 11.7. The SMILES string of the molecule is COc1ccc(Br)cc1C1SCCN1C(=O)c1cc2ccccc2oc1=O. The van der Waals surface area contributed by atoms with Gasteiger partial charge in [0.1, 0.15) is 22.3 Å². The molecule has 1 aliphatic rings. The number of carbonyl (C=O) groups excluding carboxylic acids is 1. The third-order valence-electron chi connectivity index (χ3n) is 4.48. The fourth-order valence-corrected chi connectivity index (χ4v) is 4.85. The molecule has 1 aliphatic heterocycles. The smallest absolute Gasteiger partial charge is 0.349 e. The number of carbonyl (C=O) groups is 1. The third kappa shape index (κ3) is 3.37. The molecule has 0 bridgehead atoms. The molecule has 4 rings (SSSR count). The van der Waals surface area contributed by atoms with Crippen LogP contribution in [0.1, 0.15) is 21.3 Å². The van der Waals surface area contributed by atoms with Crippen molar-refractivity contribution in [3.8, 4) is 5.75 Å². The molecule has 1 saturated heterocycles. The van der Waals surface area contributed by atoms with Crippen molar-refractivity contribution in [1.29, 1.82) is 0 Å². The van der Waals surface area contributed by atoms with Gasteiger partial charge >= 0.3 is 5.63 Å². The van der Waals surface area contributed by atoms with E-state index in [4.69, 9.17) is 9.15 Å². The topological polar surface area (TPSA) is 59.8 Å². The number of thioether (sulfide) groups is 1. The molecule has 138 valence electrons. The summed E-state index contributed by atoms with van der Waals surface area (Å²) in [7, 11) is 1.61. The molecule has 3 aromatic rings. The number of para-hydroxylation sites is 1. The lowest BCUT2D eigenvalue weighted by molar-refractivity contribution is 0.0755. The first-order valence-corrected chi connectivity index (χ1v) is 10.2. The molecule has 1 amide bonds. The predicted octanol–water partition coefficient (Wildman–Crippen LogP) is 4.45. The Labute approximate surface area is 168 Å². The predicted molar refractivity (Wildman–Crippen MR) is 109 cm³/mol. The Morgan fingerprint density at radius 1 is 1.26 bits per heavy atom. The van der Waals surface area contributed by atoms with Crippen LogP contribution in [0.5, 0.6) is 5.75 Å². The van der Waals surface area contributed by atoms with Crippen molar-refractivity contribution >= 4 is 44.6 Å². The molecule has 1 atom stereocenters. The standard InChI is InChI=1S/C20H16BrNO4S/c1-25-17-7-6-13(21)11-14(17)19-22(8-9-27-19)18(23)15-10-12-4-2-3-5-16(12)26-20(15)24/h2-7,10-11,19H,8-9H2,1H3. The van der Waals surface area contributed by atoms with Gasteiger partial charge in [-0.1, -0.05) is 34.1 Å². The zero-order chi connectivity index (χ0) is 19.0. The number of methoxy groups -OCH3 is 1. The van der Waals surface area contributed by atoms with Gasteiger partial charge in [-0.15, -0.1) is 11.8 Å². The van der Waals surface area contributed by atoms with Crippen molar-refractivity contribution in [2.24, 2.45) is 0 Å². The average Bonchev–Trinajstić information content (AvgIpc) is 3.16. The van der Waals surface area contributed by atoms with Crippen molar-refractivity contribution in [3.63, 3.8) is 0 Å². The molecule has 1 unspecified atom stereocenters. The first kappa shape index (κ1) is 18.1. The van der Waals surface area contributed by atoms with Gasteiger partial charge in [0, 0.05) is 27.7 Å². The van der Waals surface area contributed by atoms with E-state index >= 15 is 0 Å². The molecule has 0 saturated carbocycles. The number of hydrogen-bond donors (Lipinski definition) is 0. The maximum absolute atomic E-state index is 13.2. The first-order valence-electron chi connectivity index (χ1n) is 8.37. The Hall–Kier alpha value is -2.25. The van der Waals surface area contributed by atoms with Gasteiger partial charge in [0.2, 0.25) is 0 Å². The number of amides is 1. The number of halogens is 1. The largest absolute Gasteiger partial charge is 0.496 e. The van der Waals surface area contributed by atoms with E-state index in [0.29, 0.717) is 17.9 Å². The van der Waals surface area contributed by atoms with Crippen molar-refractivity contribution in [2.75, 3.05) is 19.4 Å². The van der Waals surface area contributed by atoms with Gasteiger partial charge in [-0.2, -0.15) is 0 Å². The molecule has 0 spiro atoms. The van der Waals surface area contributed by atoms with Crippen LogP contribution in [0.15, 0.2) is 62.2 Å². The lowest BCUT2D eigenvalue weighted by Gasteiger charge is -2.25. The molecule has 1 fully saturated rings. The van der Waals surface area contributed by atoms with E-state index in [9.17, 15) is 9.59 Å². The zero-order valence-corrected chi connectivity index (χ0v) is 16.9. The summed E-state index contributed by atoms with van der Waals surface area (Å²) in [5, 5.41) is 0.500. The fourth-order valence-electron chi connectivity index (χ4n) is 3.20. The average molecular weight is 446 g/mol. The second-order valence-corrected chi connectivity index (χ2v) is 8.20. The van der Waals surface area contributed by atoms with Gasteiger partial charge in [0.05, 0.1) is 7.11 Å². The Morgan fingerprint density at radius 2 is 2.07 bits per heavy atom. The monoisotopic (exact) mass is 445 g/mol. The molecule has 7 heteroatoms. The Balaban J connectivity index is 1.75. The Morgan fingerprint density at radius 3 is 2.89 bits per heavy atom. The van der Waals surface area contributed by atoms with Crippen LogP contribution >= 0.6 is 27.7 Å². The normalized spacial score (nSPS) is 16.7. The van der Waals surface area contributed by atoms with Crippen molar-refractivity contribution < 1.29 is 13.9 Å². The highest BCUT2D eigenvalue weighted by molar-refractivity contribution is 9.10. The van der Waals surface area contributed by atoms with Crippen LogP contribution in [0.2, 0.25) is 0 Å². The van der Waals surface area contributed by atoms with Crippen LogP contribution in [0.25, 0.3) is 11.0 Å². The van der Waals surface area contributed by atoms with Crippen molar-refractivity contribution in [2.45, 2.75) is 5.37 Å². The summed E-state index contributed by atoms with van der Waals surface area (Å²) >= 11 is 5.13. The number of nitrogens with zero attached hydrogens (tertiary/aromatic N) is 1. The summed E-state index contributed by atoms with van der Waals surface area (Å²) in [6.45, 7) is 0.552. The molecule has 2 heterocycles. The van der Waals surface area contributed by atoms with E-state index in [0.717, 1.165) is 21.2 Å². The minimum absolute atomic E-state index is 0.0511. The number of fused-ring (bicyclic) bond motifs is 1. The second kappa shape index (κ2) is 7.40. The fraction of sp³-hybridized carbons (Fsp3) is 0.200. The van der Waals surface area contributed by atoms with Crippen LogP contribution in [0.3, 0.4) is 0 Å². The van der Waals surface area contributed by atoms with Crippen LogP contribution in [-0.4, -0.2) is 30.2 Å². The van der Waals surface area contributed by atoms with E-state index in [1.807, 2.05) is 30.3 Å². The van der Waals surface area contributed by atoms with E-state index in [1.165, 1.54) is 0 Å². The van der Waals surface area contributed by atoms with Crippen LogP contribution in [-0.2, 0) is 0 Å². The molecule has 0 radical (unpaired) electrons. The molecule has 2 aromatic carbocycles. The molecular formula is C20H16BrNO4S. The minimum atomic E-state index is -0.615. The summed E-state index contributed by atoms with van der Waals surface area (Å²) in [6.07, 6.45) is 0. The van der Waals surface area contributed by atoms with E-state index < -0.39 is 5.63 Å². The van der Waals surface area contributed by atoms with Crippen LogP contribution in [0.4, 0.5) is 0 Å². The molecule has 27 heavy (non-hydrogen) atoms. The maximum Gasteiger partial charge on any atom is 0.349 e. The van der Waals surface area contributed by atoms with E-state index in [-0.39, 0.29) is 16.8 Å². The lowest BCUT2D eigenvalue weighted by Crippen LogP contribution is -2.33. The number of ether oxygens (including phenoxy) is 1. The van der Waals surface area contributed by atoms with E-state index in [2.05, 4.69) is 15.9 Å². The molecular weight excluding hydrogens is 430 g/mol. The number of rotatable bonds is 3. The van der Waals surface area contributed by atoms with Gasteiger partial charge < -0.3 is 14.1 Å². The van der Waals surface area contributed by atoms with Crippen molar-refractivity contribution in [1.82, 2.24) is 4.90 Å².